The molecule has 1 aromatic rings. The van der Waals surface area contributed by atoms with E-state index in [0.717, 1.165) is 58.3 Å². The summed E-state index contributed by atoms with van der Waals surface area (Å²) >= 11 is 0. The second-order valence-electron chi connectivity index (χ2n) is 7.52. The molecule has 1 spiro atoms. The molecule has 2 fully saturated rings. The van der Waals surface area contributed by atoms with E-state index in [4.69, 9.17) is 0 Å². The number of carbonyl (C=O) groups is 2. The zero-order valence-corrected chi connectivity index (χ0v) is 15.3. The molecule has 0 unspecified atom stereocenters. The van der Waals surface area contributed by atoms with E-state index in [2.05, 4.69) is 16.9 Å². The number of unbranched alkanes of at least 4 members (excludes halogenated alkanes) is 1. The molecule has 0 radical (unpaired) electrons. The molecule has 6 nitrogen and oxygen atoms in total. The summed E-state index contributed by atoms with van der Waals surface area (Å²) in [5.74, 6) is 0.953. The Morgan fingerprint density at radius 1 is 1.24 bits per heavy atom. The number of aryl methyl sites for hydroxylation is 1. The third-order valence-electron chi connectivity index (χ3n) is 5.51. The minimum atomic E-state index is 0.0103. The van der Waals surface area contributed by atoms with E-state index in [1.807, 2.05) is 16.7 Å². The molecule has 1 aromatic heterocycles. The van der Waals surface area contributed by atoms with Crippen LogP contribution in [-0.4, -0.2) is 57.8 Å². The lowest BCUT2D eigenvalue weighted by Gasteiger charge is -2.48. The minimum Gasteiger partial charge on any atom is -0.342 e. The molecule has 6 heteroatoms. The van der Waals surface area contributed by atoms with Crippen LogP contribution in [0.4, 0.5) is 0 Å². The average Bonchev–Trinajstić information content (AvgIpc) is 2.63. The fourth-order valence-electron chi connectivity index (χ4n) is 4.06. The highest BCUT2D eigenvalue weighted by molar-refractivity contribution is 5.93. The van der Waals surface area contributed by atoms with Crippen molar-refractivity contribution in [3.63, 3.8) is 0 Å². The van der Waals surface area contributed by atoms with Crippen molar-refractivity contribution in [3.8, 4) is 0 Å². The minimum absolute atomic E-state index is 0.0103. The van der Waals surface area contributed by atoms with Gasteiger partial charge in [-0.05, 0) is 32.6 Å². The number of piperidine rings is 2. The predicted molar refractivity (Wildman–Crippen MR) is 95.1 cm³/mol. The van der Waals surface area contributed by atoms with Crippen molar-refractivity contribution in [3.05, 3.63) is 23.8 Å². The van der Waals surface area contributed by atoms with Crippen molar-refractivity contribution >= 4 is 11.8 Å². The standard InChI is InChI=1S/C19H28N4O2/c1-3-4-9-22-13-19(8-6-17(22)24)7-5-10-23(14-19)18(25)16-11-20-15(2)21-12-16/h11-12H,3-10,13-14H2,1-2H3/t19-/m1/s1. The van der Waals surface area contributed by atoms with Gasteiger partial charge in [-0.1, -0.05) is 13.3 Å². The summed E-state index contributed by atoms with van der Waals surface area (Å²) in [5.41, 5.74) is 0.610. The number of hydrogen-bond acceptors (Lipinski definition) is 4. The number of hydrogen-bond donors (Lipinski definition) is 0. The summed E-state index contributed by atoms with van der Waals surface area (Å²) < 4.78 is 0. The fraction of sp³-hybridized carbons (Fsp3) is 0.684. The van der Waals surface area contributed by atoms with Crippen LogP contribution in [0.3, 0.4) is 0 Å². The third kappa shape index (κ3) is 3.99. The fourth-order valence-corrected chi connectivity index (χ4v) is 4.06. The van der Waals surface area contributed by atoms with Gasteiger partial charge in [0.15, 0.2) is 0 Å². The van der Waals surface area contributed by atoms with Gasteiger partial charge in [-0.15, -0.1) is 0 Å². The van der Waals surface area contributed by atoms with Crippen LogP contribution in [0.25, 0.3) is 0 Å². The van der Waals surface area contributed by atoms with Crippen molar-refractivity contribution in [1.82, 2.24) is 19.8 Å². The molecule has 3 heterocycles. The summed E-state index contributed by atoms with van der Waals surface area (Å²) in [4.78, 5) is 37.3. The van der Waals surface area contributed by atoms with Gasteiger partial charge in [0.2, 0.25) is 5.91 Å². The molecule has 1 atom stereocenters. The maximum absolute atomic E-state index is 12.8. The van der Waals surface area contributed by atoms with Crippen LogP contribution >= 0.6 is 0 Å². The quantitative estimate of drug-likeness (QED) is 0.841. The number of likely N-dealkylation sites (tertiary alicyclic amines) is 2. The van der Waals surface area contributed by atoms with Crippen molar-refractivity contribution in [2.75, 3.05) is 26.2 Å². The van der Waals surface area contributed by atoms with Crippen molar-refractivity contribution in [2.45, 2.75) is 52.4 Å². The monoisotopic (exact) mass is 344 g/mol. The lowest BCUT2D eigenvalue weighted by molar-refractivity contribution is -0.139. The lowest BCUT2D eigenvalue weighted by Crippen LogP contribution is -2.55. The maximum Gasteiger partial charge on any atom is 0.257 e. The van der Waals surface area contributed by atoms with Crippen LogP contribution in [-0.2, 0) is 4.79 Å². The molecule has 25 heavy (non-hydrogen) atoms. The average molecular weight is 344 g/mol. The van der Waals surface area contributed by atoms with Crippen LogP contribution in [0, 0.1) is 12.3 Å². The van der Waals surface area contributed by atoms with Crippen LogP contribution in [0.15, 0.2) is 12.4 Å². The molecule has 2 saturated heterocycles. The van der Waals surface area contributed by atoms with Gasteiger partial charge >= 0.3 is 0 Å². The van der Waals surface area contributed by atoms with E-state index >= 15 is 0 Å². The molecule has 0 bridgehead atoms. The summed E-state index contributed by atoms with van der Waals surface area (Å²) in [6.07, 6.45) is 8.96. The SMILES string of the molecule is CCCCN1C[C@@]2(CCCN(C(=O)c3cnc(C)nc3)C2)CCC1=O. The first-order valence-corrected chi connectivity index (χ1v) is 9.39. The molecule has 2 aliphatic rings. The molecule has 2 aliphatic heterocycles. The van der Waals surface area contributed by atoms with Crippen LogP contribution < -0.4 is 0 Å². The predicted octanol–water partition coefficient (Wildman–Crippen LogP) is 2.43. The summed E-state index contributed by atoms with van der Waals surface area (Å²) in [7, 11) is 0. The molecule has 136 valence electrons. The Balaban J connectivity index is 1.70. The Morgan fingerprint density at radius 2 is 2.00 bits per heavy atom. The first-order chi connectivity index (χ1) is 12.0. The van der Waals surface area contributed by atoms with E-state index in [1.54, 1.807) is 12.4 Å². The van der Waals surface area contributed by atoms with Gasteiger partial charge in [0.25, 0.3) is 5.91 Å². The highest BCUT2D eigenvalue weighted by Crippen LogP contribution is 2.39. The Kier molecular flexibility index (Phi) is 5.35. The highest BCUT2D eigenvalue weighted by atomic mass is 16.2. The van der Waals surface area contributed by atoms with Gasteiger partial charge in [-0.2, -0.15) is 0 Å². The zero-order valence-electron chi connectivity index (χ0n) is 15.3. The van der Waals surface area contributed by atoms with Crippen LogP contribution in [0.2, 0.25) is 0 Å². The van der Waals surface area contributed by atoms with Crippen molar-refractivity contribution < 1.29 is 9.59 Å². The zero-order chi connectivity index (χ0) is 17.9. The summed E-state index contributed by atoms with van der Waals surface area (Å²) in [6.45, 7) is 7.10. The number of nitrogens with zero attached hydrogens (tertiary/aromatic N) is 4. The highest BCUT2D eigenvalue weighted by Gasteiger charge is 2.42. The van der Waals surface area contributed by atoms with Gasteiger partial charge in [-0.3, -0.25) is 9.59 Å². The first-order valence-electron chi connectivity index (χ1n) is 9.39. The molecule has 0 aromatic carbocycles. The number of carbonyl (C=O) groups excluding carboxylic acids is 2. The Bertz CT molecular complexity index is 631. The molecule has 0 aliphatic carbocycles. The van der Waals surface area contributed by atoms with E-state index < -0.39 is 0 Å². The van der Waals surface area contributed by atoms with E-state index in [-0.39, 0.29) is 17.2 Å². The largest absolute Gasteiger partial charge is 0.342 e. The maximum atomic E-state index is 12.8. The topological polar surface area (TPSA) is 66.4 Å². The van der Waals surface area contributed by atoms with E-state index in [0.29, 0.717) is 17.8 Å². The van der Waals surface area contributed by atoms with Gasteiger partial charge in [0.1, 0.15) is 5.82 Å². The molecular formula is C19H28N4O2. The van der Waals surface area contributed by atoms with Gasteiger partial charge in [-0.25, -0.2) is 9.97 Å². The summed E-state index contributed by atoms with van der Waals surface area (Å²) in [5, 5.41) is 0. The van der Waals surface area contributed by atoms with Gasteiger partial charge in [0.05, 0.1) is 5.56 Å². The number of aromatic nitrogens is 2. The van der Waals surface area contributed by atoms with Gasteiger partial charge < -0.3 is 9.80 Å². The van der Waals surface area contributed by atoms with Crippen LogP contribution in [0.5, 0.6) is 0 Å². The van der Waals surface area contributed by atoms with Crippen molar-refractivity contribution in [1.29, 1.82) is 0 Å². The Labute approximate surface area is 149 Å². The van der Waals surface area contributed by atoms with Crippen molar-refractivity contribution in [2.24, 2.45) is 5.41 Å². The summed E-state index contributed by atoms with van der Waals surface area (Å²) in [6, 6.07) is 0. The third-order valence-corrected chi connectivity index (χ3v) is 5.51. The second kappa shape index (κ2) is 7.50. The smallest absolute Gasteiger partial charge is 0.257 e. The van der Waals surface area contributed by atoms with E-state index in [9.17, 15) is 9.59 Å². The van der Waals surface area contributed by atoms with Gasteiger partial charge in [0, 0.05) is 50.4 Å². The normalized spacial score (nSPS) is 24.0. The number of rotatable bonds is 4. The Hall–Kier alpha value is -1.98. The first kappa shape index (κ1) is 17.8. The second-order valence-corrected chi connectivity index (χ2v) is 7.52. The lowest BCUT2D eigenvalue weighted by atomic mass is 9.73. The number of amides is 2. The molecular weight excluding hydrogens is 316 g/mol. The Morgan fingerprint density at radius 3 is 2.72 bits per heavy atom. The molecule has 2 amide bonds. The van der Waals surface area contributed by atoms with Crippen LogP contribution in [0.1, 0.15) is 61.6 Å². The molecule has 3 rings (SSSR count). The molecule has 0 N–H and O–H groups in total. The van der Waals surface area contributed by atoms with E-state index in [1.165, 1.54) is 0 Å². The molecule has 0 saturated carbocycles.